The minimum atomic E-state index is -0.814. The number of aliphatic hydroxyl groups is 1. The van der Waals surface area contributed by atoms with Crippen molar-refractivity contribution in [1.29, 1.82) is 0 Å². The quantitative estimate of drug-likeness (QED) is 0.642. The second kappa shape index (κ2) is 11.4. The zero-order chi connectivity index (χ0) is 24.2. The van der Waals surface area contributed by atoms with Gasteiger partial charge in [-0.05, 0) is 38.1 Å². The van der Waals surface area contributed by atoms with Crippen molar-refractivity contribution in [2.24, 2.45) is 0 Å². The Labute approximate surface area is 209 Å². The van der Waals surface area contributed by atoms with Crippen molar-refractivity contribution in [2.45, 2.75) is 43.6 Å². The topological polar surface area (TPSA) is 94.6 Å². The first-order chi connectivity index (χ1) is 16.3. The molecule has 0 aromatic heterocycles. The van der Waals surface area contributed by atoms with Gasteiger partial charge in [-0.25, -0.2) is 4.79 Å². The Kier molecular flexibility index (Phi) is 8.55. The van der Waals surface area contributed by atoms with Crippen LogP contribution in [0.4, 0.5) is 10.5 Å². The van der Waals surface area contributed by atoms with Gasteiger partial charge in [-0.1, -0.05) is 23.2 Å². The lowest BCUT2D eigenvalue weighted by molar-refractivity contribution is -0.155. The van der Waals surface area contributed by atoms with E-state index < -0.39 is 6.10 Å². The Morgan fingerprint density at radius 3 is 2.50 bits per heavy atom. The Bertz CT molecular complexity index is 863. The molecule has 34 heavy (non-hydrogen) atoms. The van der Waals surface area contributed by atoms with E-state index in [0.29, 0.717) is 35.0 Å². The van der Waals surface area contributed by atoms with Gasteiger partial charge in [-0.2, -0.15) is 0 Å². The predicted molar refractivity (Wildman–Crippen MR) is 129 cm³/mol. The van der Waals surface area contributed by atoms with Crippen LogP contribution in [0.5, 0.6) is 0 Å². The number of rotatable bonds is 3. The van der Waals surface area contributed by atoms with Crippen LogP contribution in [0.3, 0.4) is 0 Å². The number of fused-ring (bicyclic) bond motifs is 1. The summed E-state index contributed by atoms with van der Waals surface area (Å²) in [5.41, 5.74) is 0.472. The van der Waals surface area contributed by atoms with Gasteiger partial charge in [0.15, 0.2) is 0 Å². The van der Waals surface area contributed by atoms with Crippen LogP contribution in [-0.2, 0) is 14.3 Å². The van der Waals surface area contributed by atoms with E-state index in [9.17, 15) is 14.7 Å². The number of halogens is 2. The third-order valence-electron chi connectivity index (χ3n) is 6.61. The van der Waals surface area contributed by atoms with E-state index in [-0.39, 0.29) is 49.9 Å². The van der Waals surface area contributed by atoms with Crippen molar-refractivity contribution >= 4 is 40.8 Å². The molecule has 1 aromatic rings. The summed E-state index contributed by atoms with van der Waals surface area (Å²) in [5, 5.41) is 14.0. The lowest BCUT2D eigenvalue weighted by atomic mass is 9.94. The summed E-state index contributed by atoms with van der Waals surface area (Å²) in [7, 11) is 2.06. The molecule has 0 unspecified atom stereocenters. The van der Waals surface area contributed by atoms with Gasteiger partial charge in [-0.3, -0.25) is 4.79 Å². The fourth-order valence-corrected chi connectivity index (χ4v) is 5.30. The van der Waals surface area contributed by atoms with Gasteiger partial charge in [0.05, 0.1) is 44.4 Å². The molecule has 0 saturated carbocycles. The van der Waals surface area contributed by atoms with Gasteiger partial charge >= 0.3 is 6.03 Å². The van der Waals surface area contributed by atoms with E-state index in [0.717, 1.165) is 26.2 Å². The van der Waals surface area contributed by atoms with Gasteiger partial charge in [0.1, 0.15) is 6.10 Å². The average Bonchev–Trinajstić information content (AvgIpc) is 2.76. The van der Waals surface area contributed by atoms with Crippen LogP contribution in [0, 0.1) is 0 Å². The second-order valence-electron chi connectivity index (χ2n) is 9.26. The predicted octanol–water partition coefficient (Wildman–Crippen LogP) is 2.30. The van der Waals surface area contributed by atoms with Gasteiger partial charge in [-0.15, -0.1) is 0 Å². The molecular formula is C23H32Cl2N4O5. The maximum absolute atomic E-state index is 13.2. The van der Waals surface area contributed by atoms with Crippen molar-refractivity contribution < 1.29 is 24.2 Å². The maximum Gasteiger partial charge on any atom is 0.322 e. The molecular weight excluding hydrogens is 483 g/mol. The normalized spacial score (nSPS) is 28.6. The van der Waals surface area contributed by atoms with Gasteiger partial charge < -0.3 is 34.6 Å². The highest BCUT2D eigenvalue weighted by Gasteiger charge is 2.40. The molecule has 0 spiro atoms. The van der Waals surface area contributed by atoms with E-state index in [1.807, 2.05) is 4.90 Å². The Morgan fingerprint density at radius 1 is 1.09 bits per heavy atom. The number of carbonyl (C=O) groups is 2. The largest absolute Gasteiger partial charge is 0.389 e. The molecule has 3 aliphatic heterocycles. The lowest BCUT2D eigenvalue weighted by Gasteiger charge is -2.44. The molecule has 4 rings (SSSR count). The monoisotopic (exact) mass is 514 g/mol. The zero-order valence-corrected chi connectivity index (χ0v) is 20.8. The van der Waals surface area contributed by atoms with Crippen LogP contribution in [0.1, 0.15) is 19.3 Å². The fraction of sp³-hybridized carbons (Fsp3) is 0.652. The van der Waals surface area contributed by atoms with Crippen LogP contribution in [0.2, 0.25) is 10.0 Å². The molecule has 3 heterocycles. The van der Waals surface area contributed by atoms with E-state index in [1.165, 1.54) is 0 Å². The molecule has 3 amide bonds. The minimum Gasteiger partial charge on any atom is -0.389 e. The molecule has 1 aromatic carbocycles. The number of β-amino-alcohol motifs (C(OH)–C–C–N with tert-alkyl or cyclic N) is 1. The number of nitrogens with zero attached hydrogens (tertiary/aromatic N) is 3. The Hall–Kier alpha value is -1.62. The van der Waals surface area contributed by atoms with E-state index in [1.54, 1.807) is 23.1 Å². The third-order valence-corrected chi connectivity index (χ3v) is 7.05. The molecule has 0 bridgehead atoms. The van der Waals surface area contributed by atoms with E-state index in [2.05, 4.69) is 17.3 Å². The highest BCUT2D eigenvalue weighted by Crippen LogP contribution is 2.29. The van der Waals surface area contributed by atoms with Crippen LogP contribution in [0.25, 0.3) is 0 Å². The molecule has 9 nitrogen and oxygen atoms in total. The van der Waals surface area contributed by atoms with E-state index in [4.69, 9.17) is 32.7 Å². The SMILES string of the molecule is CN1CCN(C(=O)C[C@@H]2CC[C@H]3[C@@H](COC[C@@H](O)CN3C(=O)Nc3cc(Cl)cc(Cl)c3)O2)CC1. The summed E-state index contributed by atoms with van der Waals surface area (Å²) in [6, 6.07) is 4.15. The first kappa shape index (κ1) is 25.5. The zero-order valence-electron chi connectivity index (χ0n) is 19.3. The smallest absolute Gasteiger partial charge is 0.322 e. The molecule has 3 fully saturated rings. The number of likely N-dealkylation sites (N-methyl/N-ethyl adjacent to an activating group) is 1. The molecule has 3 saturated heterocycles. The fourth-order valence-electron chi connectivity index (χ4n) is 4.78. The van der Waals surface area contributed by atoms with Crippen molar-refractivity contribution in [3.63, 3.8) is 0 Å². The number of anilines is 1. The number of urea groups is 1. The number of benzene rings is 1. The molecule has 188 valence electrons. The molecule has 11 heteroatoms. The van der Waals surface area contributed by atoms with Gasteiger partial charge in [0.2, 0.25) is 5.91 Å². The number of aliphatic hydroxyl groups excluding tert-OH is 1. The van der Waals surface area contributed by atoms with Gasteiger partial charge in [0.25, 0.3) is 0 Å². The Balaban J connectivity index is 1.41. The second-order valence-corrected chi connectivity index (χ2v) is 10.1. The molecule has 0 radical (unpaired) electrons. The minimum absolute atomic E-state index is 0.101. The van der Waals surface area contributed by atoms with Crippen LogP contribution >= 0.6 is 23.2 Å². The summed E-state index contributed by atoms with van der Waals surface area (Å²) in [6.07, 6.45) is 0.182. The summed E-state index contributed by atoms with van der Waals surface area (Å²) in [4.78, 5) is 31.7. The van der Waals surface area contributed by atoms with E-state index >= 15 is 0 Å². The summed E-state index contributed by atoms with van der Waals surface area (Å²) >= 11 is 12.1. The van der Waals surface area contributed by atoms with Crippen molar-refractivity contribution in [2.75, 3.05) is 58.3 Å². The number of piperazine rings is 1. The number of hydrogen-bond acceptors (Lipinski definition) is 6. The number of hydrogen-bond donors (Lipinski definition) is 2. The number of ether oxygens (including phenoxy) is 2. The van der Waals surface area contributed by atoms with Crippen molar-refractivity contribution in [3.05, 3.63) is 28.2 Å². The summed E-state index contributed by atoms with van der Waals surface area (Å²) in [6.45, 7) is 3.67. The standard InChI is InChI=1S/C23H32Cl2N4O5/c1-27-4-6-28(7-5-27)22(31)11-19-2-3-20-21(34-19)14-33-13-18(30)12-29(20)23(32)26-17-9-15(24)8-16(25)10-17/h8-10,18-21,30H,2-7,11-14H2,1H3,(H,26,32)/t18-,19-,20-,21+/m0/s1. The van der Waals surface area contributed by atoms with Crippen LogP contribution in [0.15, 0.2) is 18.2 Å². The van der Waals surface area contributed by atoms with Crippen molar-refractivity contribution in [3.8, 4) is 0 Å². The number of amides is 3. The highest BCUT2D eigenvalue weighted by molar-refractivity contribution is 6.35. The lowest BCUT2D eigenvalue weighted by Crippen LogP contribution is -2.58. The van der Waals surface area contributed by atoms with Crippen LogP contribution < -0.4 is 5.32 Å². The maximum atomic E-state index is 13.2. The van der Waals surface area contributed by atoms with Crippen molar-refractivity contribution in [1.82, 2.24) is 14.7 Å². The Morgan fingerprint density at radius 2 is 1.79 bits per heavy atom. The third kappa shape index (κ3) is 6.53. The number of nitrogens with one attached hydrogen (secondary N) is 1. The molecule has 2 N–H and O–H groups in total. The molecule has 3 aliphatic rings. The summed E-state index contributed by atoms with van der Waals surface area (Å²) < 4.78 is 11.9. The molecule has 4 atom stereocenters. The average molecular weight is 515 g/mol. The number of carbonyl (C=O) groups excluding carboxylic acids is 2. The highest BCUT2D eigenvalue weighted by atomic mass is 35.5. The van der Waals surface area contributed by atoms with Crippen LogP contribution in [-0.4, -0.2) is 109 Å². The first-order valence-corrected chi connectivity index (χ1v) is 12.5. The summed E-state index contributed by atoms with van der Waals surface area (Å²) in [5.74, 6) is 0.103. The first-order valence-electron chi connectivity index (χ1n) is 11.7. The molecule has 0 aliphatic carbocycles. The van der Waals surface area contributed by atoms with Gasteiger partial charge in [0, 0.05) is 41.9 Å².